The minimum Gasteiger partial charge on any atom is -0.481 e. The highest BCUT2D eigenvalue weighted by molar-refractivity contribution is 5.89. The van der Waals surface area contributed by atoms with Crippen LogP contribution in [0.15, 0.2) is 24.3 Å². The number of carboxylic acids is 1. The minimum atomic E-state index is -0.881. The number of anilines is 1. The molecular formula is C14H18N2O4. The van der Waals surface area contributed by atoms with E-state index in [0.717, 1.165) is 6.42 Å². The Hall–Kier alpha value is -2.08. The number of aliphatic carboxylic acids is 1. The number of hydrogen-bond donors (Lipinski definition) is 3. The number of aliphatic hydroxyl groups excluding tert-OH is 1. The summed E-state index contributed by atoms with van der Waals surface area (Å²) in [4.78, 5) is 24.2. The third kappa shape index (κ3) is 3.71. The summed E-state index contributed by atoms with van der Waals surface area (Å²) in [7, 11) is 0. The van der Waals surface area contributed by atoms with Crippen molar-refractivity contribution in [2.45, 2.75) is 12.8 Å². The maximum absolute atomic E-state index is 12.0. The molecule has 1 heterocycles. The molecule has 2 rings (SSSR count). The van der Waals surface area contributed by atoms with E-state index in [9.17, 15) is 9.59 Å². The van der Waals surface area contributed by atoms with Gasteiger partial charge in [-0.1, -0.05) is 12.1 Å². The van der Waals surface area contributed by atoms with Crippen molar-refractivity contribution in [2.24, 2.45) is 5.92 Å². The van der Waals surface area contributed by atoms with E-state index in [1.54, 1.807) is 29.2 Å². The maximum Gasteiger partial charge on any atom is 0.321 e. The highest BCUT2D eigenvalue weighted by Crippen LogP contribution is 2.17. The molecule has 1 aromatic carbocycles. The molecule has 0 saturated carbocycles. The second kappa shape index (κ2) is 6.38. The normalized spacial score (nSPS) is 18.1. The van der Waals surface area contributed by atoms with E-state index in [1.807, 2.05) is 0 Å². The fourth-order valence-electron chi connectivity index (χ4n) is 2.25. The smallest absolute Gasteiger partial charge is 0.321 e. The molecule has 1 fully saturated rings. The molecule has 0 radical (unpaired) electrons. The van der Waals surface area contributed by atoms with Crippen molar-refractivity contribution in [3.8, 4) is 0 Å². The molecule has 1 saturated heterocycles. The van der Waals surface area contributed by atoms with Crippen LogP contribution < -0.4 is 5.32 Å². The van der Waals surface area contributed by atoms with Crippen LogP contribution in [0.1, 0.15) is 12.0 Å². The molecule has 2 amide bonds. The molecule has 108 valence electrons. The van der Waals surface area contributed by atoms with E-state index in [1.165, 1.54) is 0 Å². The summed E-state index contributed by atoms with van der Waals surface area (Å²) in [6, 6.07) is 6.56. The van der Waals surface area contributed by atoms with E-state index in [-0.39, 0.29) is 25.0 Å². The number of rotatable bonds is 4. The summed E-state index contributed by atoms with van der Waals surface area (Å²) in [5.41, 5.74) is 1.33. The van der Waals surface area contributed by atoms with Crippen molar-refractivity contribution in [1.29, 1.82) is 0 Å². The number of carbonyl (C=O) groups excluding carboxylic acids is 1. The number of nitrogens with one attached hydrogen (secondary N) is 1. The van der Waals surface area contributed by atoms with Gasteiger partial charge in [-0.25, -0.2) is 4.79 Å². The Morgan fingerprint density at radius 2 is 2.00 bits per heavy atom. The number of likely N-dealkylation sites (tertiary alicyclic amines) is 1. The zero-order chi connectivity index (χ0) is 14.5. The molecule has 20 heavy (non-hydrogen) atoms. The van der Waals surface area contributed by atoms with Gasteiger partial charge in [-0.3, -0.25) is 4.79 Å². The van der Waals surface area contributed by atoms with Gasteiger partial charge in [0.2, 0.25) is 0 Å². The molecule has 1 aliphatic heterocycles. The van der Waals surface area contributed by atoms with Gasteiger partial charge in [-0.05, 0) is 24.1 Å². The second-order valence-corrected chi connectivity index (χ2v) is 4.98. The Balaban J connectivity index is 1.90. The molecule has 1 aromatic rings. The Morgan fingerprint density at radius 3 is 2.55 bits per heavy atom. The molecule has 3 N–H and O–H groups in total. The van der Waals surface area contributed by atoms with Gasteiger partial charge >= 0.3 is 12.0 Å². The highest BCUT2D eigenvalue weighted by Gasteiger charge is 2.25. The number of amides is 2. The number of carbonyl (C=O) groups is 2. The van der Waals surface area contributed by atoms with Crippen molar-refractivity contribution in [2.75, 3.05) is 25.0 Å². The lowest BCUT2D eigenvalue weighted by Crippen LogP contribution is -2.33. The van der Waals surface area contributed by atoms with Crippen molar-refractivity contribution in [1.82, 2.24) is 4.90 Å². The first-order valence-electron chi connectivity index (χ1n) is 6.56. The largest absolute Gasteiger partial charge is 0.481 e. The van der Waals surface area contributed by atoms with Gasteiger partial charge < -0.3 is 20.4 Å². The zero-order valence-corrected chi connectivity index (χ0v) is 11.1. The maximum atomic E-state index is 12.0. The average molecular weight is 278 g/mol. The van der Waals surface area contributed by atoms with Gasteiger partial charge in [0.15, 0.2) is 0 Å². The first-order chi connectivity index (χ1) is 9.58. The first-order valence-corrected chi connectivity index (χ1v) is 6.56. The van der Waals surface area contributed by atoms with Gasteiger partial charge in [0.25, 0.3) is 0 Å². The van der Waals surface area contributed by atoms with E-state index >= 15 is 0 Å². The van der Waals surface area contributed by atoms with Crippen molar-refractivity contribution >= 4 is 17.7 Å². The van der Waals surface area contributed by atoms with Crippen LogP contribution in [0.4, 0.5) is 10.5 Å². The van der Waals surface area contributed by atoms with Gasteiger partial charge in [-0.2, -0.15) is 0 Å². The third-order valence-corrected chi connectivity index (χ3v) is 3.39. The molecule has 1 atom stereocenters. The van der Waals surface area contributed by atoms with Gasteiger partial charge in [0, 0.05) is 31.3 Å². The molecule has 6 heteroatoms. The monoisotopic (exact) mass is 278 g/mol. The van der Waals surface area contributed by atoms with Crippen LogP contribution in [-0.4, -0.2) is 46.8 Å². The highest BCUT2D eigenvalue weighted by atomic mass is 16.4. The molecule has 0 spiro atoms. The molecule has 0 aromatic heterocycles. The topological polar surface area (TPSA) is 89.9 Å². The predicted octanol–water partition coefficient (Wildman–Crippen LogP) is 1.16. The number of nitrogens with zero attached hydrogens (tertiary/aromatic N) is 1. The van der Waals surface area contributed by atoms with Crippen LogP contribution in [0.2, 0.25) is 0 Å². The Labute approximate surface area is 117 Å². The minimum absolute atomic E-state index is 0.0292. The Kier molecular flexibility index (Phi) is 4.57. The molecular weight excluding hydrogens is 260 g/mol. The summed E-state index contributed by atoms with van der Waals surface area (Å²) < 4.78 is 0. The predicted molar refractivity (Wildman–Crippen MR) is 73.6 cm³/mol. The summed E-state index contributed by atoms with van der Waals surface area (Å²) in [6.45, 7) is 1.32. The summed E-state index contributed by atoms with van der Waals surface area (Å²) in [5, 5.41) is 20.5. The molecule has 1 unspecified atom stereocenters. The SMILES string of the molecule is O=C(O)Cc1ccc(NC(=O)N2CCC(CO)C2)cc1. The summed E-state index contributed by atoms with van der Waals surface area (Å²) >= 11 is 0. The van der Waals surface area contributed by atoms with E-state index < -0.39 is 5.97 Å². The molecule has 1 aliphatic rings. The lowest BCUT2D eigenvalue weighted by Gasteiger charge is -2.17. The van der Waals surface area contributed by atoms with Crippen LogP contribution in [0.5, 0.6) is 0 Å². The molecule has 0 bridgehead atoms. The van der Waals surface area contributed by atoms with Crippen LogP contribution in [0, 0.1) is 5.92 Å². The van der Waals surface area contributed by atoms with Crippen LogP contribution in [0.3, 0.4) is 0 Å². The number of benzene rings is 1. The first kappa shape index (κ1) is 14.3. The number of carboxylic acid groups (broad SMARTS) is 1. The van der Waals surface area contributed by atoms with E-state index in [2.05, 4.69) is 5.32 Å². The number of aliphatic hydroxyl groups is 1. The van der Waals surface area contributed by atoms with Gasteiger partial charge in [0.05, 0.1) is 6.42 Å². The Morgan fingerprint density at radius 1 is 1.30 bits per heavy atom. The lowest BCUT2D eigenvalue weighted by molar-refractivity contribution is -0.136. The summed E-state index contributed by atoms with van der Waals surface area (Å²) in [6.07, 6.45) is 0.792. The van der Waals surface area contributed by atoms with Crippen molar-refractivity contribution in [3.63, 3.8) is 0 Å². The van der Waals surface area contributed by atoms with Gasteiger partial charge in [-0.15, -0.1) is 0 Å². The molecule has 0 aliphatic carbocycles. The van der Waals surface area contributed by atoms with Crippen LogP contribution in [0.25, 0.3) is 0 Å². The fraction of sp³-hybridized carbons (Fsp3) is 0.429. The molecule has 6 nitrogen and oxygen atoms in total. The zero-order valence-electron chi connectivity index (χ0n) is 11.1. The Bertz CT molecular complexity index is 486. The lowest BCUT2D eigenvalue weighted by atomic mass is 10.1. The van der Waals surface area contributed by atoms with Crippen LogP contribution in [-0.2, 0) is 11.2 Å². The second-order valence-electron chi connectivity index (χ2n) is 4.98. The van der Waals surface area contributed by atoms with Crippen molar-refractivity contribution in [3.05, 3.63) is 29.8 Å². The van der Waals surface area contributed by atoms with Gasteiger partial charge in [0.1, 0.15) is 0 Å². The third-order valence-electron chi connectivity index (χ3n) is 3.39. The summed E-state index contributed by atoms with van der Waals surface area (Å²) in [5.74, 6) is -0.715. The van der Waals surface area contributed by atoms with E-state index in [0.29, 0.717) is 24.3 Å². The quantitative estimate of drug-likeness (QED) is 0.771. The number of hydrogen-bond acceptors (Lipinski definition) is 3. The van der Waals surface area contributed by atoms with E-state index in [4.69, 9.17) is 10.2 Å². The standard InChI is InChI=1S/C14H18N2O4/c17-9-11-5-6-16(8-11)14(20)15-12-3-1-10(2-4-12)7-13(18)19/h1-4,11,17H,5-9H2,(H,15,20)(H,18,19). The fourth-order valence-corrected chi connectivity index (χ4v) is 2.25. The van der Waals surface area contributed by atoms with Crippen molar-refractivity contribution < 1.29 is 19.8 Å². The number of urea groups is 1. The average Bonchev–Trinajstić information content (AvgIpc) is 2.89. The van der Waals surface area contributed by atoms with Crippen LogP contribution >= 0.6 is 0 Å².